The number of primary amides is 1. The van der Waals surface area contributed by atoms with E-state index in [1.165, 1.54) is 12.2 Å². The molecule has 0 atom stereocenters. The molecule has 0 bridgehead atoms. The lowest BCUT2D eigenvalue weighted by Crippen LogP contribution is -2.19. The van der Waals surface area contributed by atoms with E-state index in [-0.39, 0.29) is 12.0 Å². The van der Waals surface area contributed by atoms with E-state index in [0.717, 1.165) is 6.07 Å². The van der Waals surface area contributed by atoms with Crippen molar-refractivity contribution in [1.82, 2.24) is 10.2 Å². The molecule has 0 fully saturated rings. The quantitative estimate of drug-likeness (QED) is 0.572. The largest absolute Gasteiger partial charge is 0.369 e. The molecule has 1 aromatic heterocycles. The van der Waals surface area contributed by atoms with Crippen molar-refractivity contribution in [2.75, 3.05) is 0 Å². The lowest BCUT2D eigenvalue weighted by Gasteiger charge is -1.89. The molecule has 0 radical (unpaired) electrons. The first-order valence-corrected chi connectivity index (χ1v) is 3.86. The first kappa shape index (κ1) is 9.97. The Kier molecular flexibility index (Phi) is 3.01. The molecule has 1 aromatic rings. The van der Waals surface area contributed by atoms with Crippen LogP contribution in [0.5, 0.6) is 0 Å². The van der Waals surface area contributed by atoms with Gasteiger partial charge in [-0.15, -0.1) is 0 Å². The number of aromatic amines is 2. The second-order valence-electron chi connectivity index (χ2n) is 2.62. The number of hydrogen-bond acceptors (Lipinski definition) is 3. The lowest BCUT2D eigenvalue weighted by atomic mass is 10.2. The number of rotatable bonds is 3. The number of nitrogens with one attached hydrogen (secondary N) is 2. The van der Waals surface area contributed by atoms with Crippen molar-refractivity contribution in [1.29, 1.82) is 0 Å². The summed E-state index contributed by atoms with van der Waals surface area (Å²) in [7, 11) is 0. The van der Waals surface area contributed by atoms with Gasteiger partial charge >= 0.3 is 0 Å². The molecule has 6 nitrogen and oxygen atoms in total. The summed E-state index contributed by atoms with van der Waals surface area (Å²) < 4.78 is 0. The van der Waals surface area contributed by atoms with Gasteiger partial charge in [-0.2, -0.15) is 0 Å². The normalized spacial score (nSPS) is 10.6. The third kappa shape index (κ3) is 2.74. The Bertz CT molecular complexity index is 469. The Labute approximate surface area is 78.4 Å². The van der Waals surface area contributed by atoms with Crippen molar-refractivity contribution in [2.24, 2.45) is 5.73 Å². The van der Waals surface area contributed by atoms with Crippen LogP contribution in [0.4, 0.5) is 0 Å². The monoisotopic (exact) mass is 195 g/mol. The fourth-order valence-corrected chi connectivity index (χ4v) is 0.859. The van der Waals surface area contributed by atoms with Gasteiger partial charge < -0.3 is 5.73 Å². The highest BCUT2D eigenvalue weighted by molar-refractivity contribution is 5.76. The van der Waals surface area contributed by atoms with Crippen molar-refractivity contribution in [3.8, 4) is 0 Å². The van der Waals surface area contributed by atoms with E-state index in [0.29, 0.717) is 0 Å². The third-order valence-electron chi connectivity index (χ3n) is 1.46. The number of carbonyl (C=O) groups excluding carboxylic acids is 1. The summed E-state index contributed by atoms with van der Waals surface area (Å²) in [5.74, 6) is -0.498. The molecule has 0 spiro atoms. The number of hydrogen-bond donors (Lipinski definition) is 3. The summed E-state index contributed by atoms with van der Waals surface area (Å²) in [5, 5.41) is 4.27. The van der Waals surface area contributed by atoms with Crippen LogP contribution in [0.15, 0.2) is 21.7 Å². The van der Waals surface area contributed by atoms with Gasteiger partial charge in [0.1, 0.15) is 0 Å². The number of nitrogens with two attached hydrogens (primary N) is 1. The SMILES string of the molecule is NC(=O)CC=Cc1cc(=O)[nH][nH]c1=O. The van der Waals surface area contributed by atoms with Gasteiger partial charge in [0.25, 0.3) is 11.1 Å². The molecule has 14 heavy (non-hydrogen) atoms. The highest BCUT2D eigenvalue weighted by atomic mass is 16.1. The van der Waals surface area contributed by atoms with Gasteiger partial charge in [0.05, 0.1) is 0 Å². The molecule has 1 heterocycles. The molecule has 6 heteroatoms. The Balaban J connectivity index is 2.91. The summed E-state index contributed by atoms with van der Waals surface area (Å²) in [6.45, 7) is 0. The Morgan fingerprint density at radius 1 is 1.43 bits per heavy atom. The van der Waals surface area contributed by atoms with Crippen LogP contribution in [0.3, 0.4) is 0 Å². The van der Waals surface area contributed by atoms with Crippen LogP contribution < -0.4 is 16.9 Å². The molecule has 0 aromatic carbocycles. The standard InChI is InChI=1S/C8H9N3O3/c9-6(12)3-1-2-5-4-7(13)10-11-8(5)14/h1-2,4H,3H2,(H2,9,12)(H,10,13)(H,11,14). The van der Waals surface area contributed by atoms with Crippen LogP contribution in [0.1, 0.15) is 12.0 Å². The van der Waals surface area contributed by atoms with E-state index >= 15 is 0 Å². The predicted molar refractivity (Wildman–Crippen MR) is 50.5 cm³/mol. The van der Waals surface area contributed by atoms with Gasteiger partial charge in [0.2, 0.25) is 5.91 Å². The van der Waals surface area contributed by atoms with Gasteiger partial charge in [-0.05, 0) is 0 Å². The van der Waals surface area contributed by atoms with Crippen LogP contribution in [-0.2, 0) is 4.79 Å². The van der Waals surface area contributed by atoms with Crippen LogP contribution in [0.25, 0.3) is 6.08 Å². The van der Waals surface area contributed by atoms with Gasteiger partial charge in [-0.1, -0.05) is 12.2 Å². The van der Waals surface area contributed by atoms with Crippen LogP contribution in [0.2, 0.25) is 0 Å². The maximum Gasteiger partial charge on any atom is 0.269 e. The first-order valence-electron chi connectivity index (χ1n) is 3.86. The fourth-order valence-electron chi connectivity index (χ4n) is 0.859. The highest BCUT2D eigenvalue weighted by Gasteiger charge is 1.95. The molecule has 0 aliphatic rings. The van der Waals surface area contributed by atoms with E-state index in [4.69, 9.17) is 5.73 Å². The highest BCUT2D eigenvalue weighted by Crippen LogP contribution is 1.91. The maximum atomic E-state index is 11.1. The number of amides is 1. The van der Waals surface area contributed by atoms with Gasteiger partial charge in [0, 0.05) is 18.1 Å². The second-order valence-corrected chi connectivity index (χ2v) is 2.62. The van der Waals surface area contributed by atoms with Crippen molar-refractivity contribution >= 4 is 12.0 Å². The van der Waals surface area contributed by atoms with Crippen LogP contribution in [-0.4, -0.2) is 16.1 Å². The smallest absolute Gasteiger partial charge is 0.269 e. The van der Waals surface area contributed by atoms with E-state index in [2.05, 4.69) is 10.2 Å². The van der Waals surface area contributed by atoms with E-state index in [1.807, 2.05) is 0 Å². The van der Waals surface area contributed by atoms with Gasteiger partial charge in [-0.25, -0.2) is 0 Å². The molecule has 1 rings (SSSR count). The number of aromatic nitrogens is 2. The minimum absolute atomic E-state index is 0.0340. The third-order valence-corrected chi connectivity index (χ3v) is 1.46. The summed E-state index contributed by atoms with van der Waals surface area (Å²) >= 11 is 0. The zero-order valence-corrected chi connectivity index (χ0v) is 7.24. The van der Waals surface area contributed by atoms with E-state index < -0.39 is 17.0 Å². The number of H-pyrrole nitrogens is 2. The van der Waals surface area contributed by atoms with Crippen LogP contribution in [0, 0.1) is 0 Å². The van der Waals surface area contributed by atoms with Crippen molar-refractivity contribution in [3.63, 3.8) is 0 Å². The Morgan fingerprint density at radius 3 is 2.79 bits per heavy atom. The van der Waals surface area contributed by atoms with Gasteiger partial charge in [0.15, 0.2) is 0 Å². The second kappa shape index (κ2) is 4.22. The van der Waals surface area contributed by atoms with Crippen molar-refractivity contribution in [3.05, 3.63) is 38.4 Å². The number of carbonyl (C=O) groups is 1. The molecule has 0 saturated heterocycles. The zero-order valence-electron chi connectivity index (χ0n) is 7.24. The fraction of sp³-hybridized carbons (Fsp3) is 0.125. The molecular weight excluding hydrogens is 186 g/mol. The maximum absolute atomic E-state index is 11.1. The molecule has 0 unspecified atom stereocenters. The Hall–Kier alpha value is -2.11. The summed E-state index contributed by atoms with van der Waals surface area (Å²) in [4.78, 5) is 32.2. The lowest BCUT2D eigenvalue weighted by molar-refractivity contribution is -0.117. The summed E-state index contributed by atoms with van der Waals surface area (Å²) in [6, 6.07) is 1.14. The summed E-state index contributed by atoms with van der Waals surface area (Å²) in [5.41, 5.74) is 4.23. The molecule has 74 valence electrons. The van der Waals surface area contributed by atoms with Crippen LogP contribution >= 0.6 is 0 Å². The summed E-state index contributed by atoms with van der Waals surface area (Å²) in [6.07, 6.45) is 2.83. The zero-order chi connectivity index (χ0) is 10.6. The Morgan fingerprint density at radius 2 is 2.14 bits per heavy atom. The predicted octanol–water partition coefficient (Wildman–Crippen LogP) is -1.05. The molecule has 0 saturated carbocycles. The van der Waals surface area contributed by atoms with E-state index in [1.54, 1.807) is 0 Å². The molecule has 0 aliphatic carbocycles. The molecular formula is C8H9N3O3. The average Bonchev–Trinajstić information content (AvgIpc) is 2.10. The van der Waals surface area contributed by atoms with Crippen molar-refractivity contribution < 1.29 is 4.79 Å². The molecule has 1 amide bonds. The van der Waals surface area contributed by atoms with Gasteiger partial charge in [-0.3, -0.25) is 24.6 Å². The minimum Gasteiger partial charge on any atom is -0.369 e. The van der Waals surface area contributed by atoms with Crippen molar-refractivity contribution in [2.45, 2.75) is 6.42 Å². The minimum atomic E-state index is -0.498. The average molecular weight is 195 g/mol. The molecule has 0 aliphatic heterocycles. The van der Waals surface area contributed by atoms with E-state index in [9.17, 15) is 14.4 Å². The molecule has 4 N–H and O–H groups in total. The first-order chi connectivity index (χ1) is 6.59. The topological polar surface area (TPSA) is 109 Å².